The predicted octanol–water partition coefficient (Wildman–Crippen LogP) is 3.40. The zero-order valence-electron chi connectivity index (χ0n) is 22.7. The number of carbonyl (C=O) groups excluding carboxylic acids is 3. The number of ether oxygens (including phenoxy) is 1. The molecule has 2 aliphatic carbocycles. The highest BCUT2D eigenvalue weighted by Gasteiger charge is 2.31. The highest BCUT2D eigenvalue weighted by atomic mass is 16.5. The minimum Gasteiger partial charge on any atom is -0.497 e. The second-order valence-electron chi connectivity index (χ2n) is 10.9. The first-order valence-electron chi connectivity index (χ1n) is 14.1. The molecule has 208 valence electrons. The van der Waals surface area contributed by atoms with Crippen molar-refractivity contribution in [3.8, 4) is 5.75 Å². The first-order valence-corrected chi connectivity index (χ1v) is 14.1. The number of hydrogen-bond donors (Lipinski definition) is 3. The Bertz CT molecular complexity index is 1210. The highest BCUT2D eigenvalue weighted by Crippen LogP contribution is 2.34. The minimum absolute atomic E-state index is 0.000252. The molecule has 0 radical (unpaired) electrons. The molecule has 0 atom stereocenters. The van der Waals surface area contributed by atoms with E-state index in [-0.39, 0.29) is 35.7 Å². The number of carbonyl (C=O) groups is 3. The molecule has 0 spiro atoms. The van der Waals surface area contributed by atoms with Gasteiger partial charge in [0.1, 0.15) is 5.75 Å². The molecule has 2 aromatic carbocycles. The van der Waals surface area contributed by atoms with Gasteiger partial charge in [0, 0.05) is 55.3 Å². The fourth-order valence-electron chi connectivity index (χ4n) is 5.47. The first-order chi connectivity index (χ1) is 18.9. The van der Waals surface area contributed by atoms with Crippen LogP contribution in [-0.4, -0.2) is 68.0 Å². The molecule has 2 saturated carbocycles. The fourth-order valence-corrected chi connectivity index (χ4v) is 5.47. The summed E-state index contributed by atoms with van der Waals surface area (Å²) in [5, 5.41) is 6.24. The number of hydrogen-bond acceptors (Lipinski definition) is 6. The normalized spacial score (nSPS) is 21.6. The minimum atomic E-state index is -0.130. The molecule has 0 bridgehead atoms. The zero-order chi connectivity index (χ0) is 27.4. The Labute approximate surface area is 230 Å². The van der Waals surface area contributed by atoms with E-state index in [1.807, 2.05) is 35.2 Å². The van der Waals surface area contributed by atoms with Gasteiger partial charge in [-0.15, -0.1) is 0 Å². The first kappa shape index (κ1) is 27.0. The van der Waals surface area contributed by atoms with E-state index < -0.39 is 0 Å². The number of anilines is 2. The molecule has 0 unspecified atom stereocenters. The Balaban J connectivity index is 1.30. The van der Waals surface area contributed by atoms with Gasteiger partial charge in [-0.05, 0) is 81.3 Å². The van der Waals surface area contributed by atoms with Gasteiger partial charge < -0.3 is 30.9 Å². The van der Waals surface area contributed by atoms with Crippen molar-refractivity contribution in [2.75, 3.05) is 43.5 Å². The van der Waals surface area contributed by atoms with Gasteiger partial charge in [-0.25, -0.2) is 0 Å². The number of nitrogens with zero attached hydrogens (tertiary/aromatic N) is 2. The molecule has 0 aromatic heterocycles. The second-order valence-corrected chi connectivity index (χ2v) is 10.9. The average Bonchev–Trinajstić information content (AvgIpc) is 3.82. The van der Waals surface area contributed by atoms with Gasteiger partial charge in [-0.1, -0.05) is 6.07 Å². The molecular weight excluding hydrogens is 494 g/mol. The number of nitrogens with two attached hydrogens (primary N) is 1. The van der Waals surface area contributed by atoms with Crippen LogP contribution in [0.5, 0.6) is 5.75 Å². The molecule has 2 aromatic rings. The molecule has 5 rings (SSSR count). The number of methoxy groups -OCH3 is 1. The topological polar surface area (TPSA) is 117 Å². The monoisotopic (exact) mass is 533 g/mol. The van der Waals surface area contributed by atoms with Gasteiger partial charge in [0.05, 0.1) is 18.5 Å². The molecule has 3 amide bonds. The third kappa shape index (κ3) is 6.71. The summed E-state index contributed by atoms with van der Waals surface area (Å²) in [4.78, 5) is 43.1. The lowest BCUT2D eigenvalue weighted by atomic mass is 9.91. The van der Waals surface area contributed by atoms with Crippen molar-refractivity contribution in [2.45, 2.75) is 57.0 Å². The van der Waals surface area contributed by atoms with Crippen LogP contribution >= 0.6 is 0 Å². The highest BCUT2D eigenvalue weighted by molar-refractivity contribution is 6.01. The maximum atomic E-state index is 13.2. The maximum absolute atomic E-state index is 13.2. The molecule has 1 saturated heterocycles. The lowest BCUT2D eigenvalue weighted by Gasteiger charge is -2.28. The van der Waals surface area contributed by atoms with E-state index in [1.165, 1.54) is 0 Å². The van der Waals surface area contributed by atoms with Crippen LogP contribution in [-0.2, 0) is 4.79 Å². The van der Waals surface area contributed by atoms with E-state index >= 15 is 0 Å². The summed E-state index contributed by atoms with van der Waals surface area (Å²) in [6, 6.07) is 13.1. The van der Waals surface area contributed by atoms with E-state index in [0.717, 1.165) is 57.2 Å². The third-order valence-electron chi connectivity index (χ3n) is 8.01. The molecule has 4 N–H and O–H groups in total. The smallest absolute Gasteiger partial charge is 0.254 e. The number of nitrogens with one attached hydrogen (secondary N) is 2. The lowest BCUT2D eigenvalue weighted by Crippen LogP contribution is -2.40. The Kier molecular flexibility index (Phi) is 8.35. The van der Waals surface area contributed by atoms with Gasteiger partial charge in [0.25, 0.3) is 11.8 Å². The van der Waals surface area contributed by atoms with Crippen LogP contribution in [0.15, 0.2) is 42.5 Å². The molecule has 9 heteroatoms. The summed E-state index contributed by atoms with van der Waals surface area (Å²) < 4.78 is 5.28. The van der Waals surface area contributed by atoms with Crippen LogP contribution in [0.2, 0.25) is 0 Å². The Hall–Kier alpha value is -3.59. The van der Waals surface area contributed by atoms with Crippen molar-refractivity contribution in [1.29, 1.82) is 0 Å². The number of rotatable bonds is 7. The summed E-state index contributed by atoms with van der Waals surface area (Å²) in [6.07, 6.45) is 6.19. The third-order valence-corrected chi connectivity index (χ3v) is 8.01. The van der Waals surface area contributed by atoms with Crippen molar-refractivity contribution in [3.05, 3.63) is 53.6 Å². The second kappa shape index (κ2) is 12.1. The Morgan fingerprint density at radius 2 is 1.69 bits per heavy atom. The van der Waals surface area contributed by atoms with E-state index in [1.54, 1.807) is 19.2 Å². The number of benzene rings is 2. The van der Waals surface area contributed by atoms with Crippen molar-refractivity contribution < 1.29 is 19.1 Å². The molecule has 39 heavy (non-hydrogen) atoms. The molecule has 9 nitrogen and oxygen atoms in total. The molecule has 1 aliphatic heterocycles. The van der Waals surface area contributed by atoms with Crippen molar-refractivity contribution in [2.24, 2.45) is 11.7 Å². The predicted molar refractivity (Wildman–Crippen MR) is 151 cm³/mol. The van der Waals surface area contributed by atoms with E-state index in [0.29, 0.717) is 42.2 Å². The van der Waals surface area contributed by atoms with Crippen LogP contribution in [0.25, 0.3) is 0 Å². The standard InChI is InChI=1S/C30H39N5O4/c1-39-25-5-2-4-22(18-25)30(38)35-15-3-14-34(16-17-35)27-13-8-21(19-26(27)33-28(36)20-6-7-20)29(37)32-24-11-9-23(31)10-12-24/h2,4-5,8,13,18-20,23-24H,3,6-7,9-12,14-17,31H2,1H3,(H,32,37)(H,33,36). The molecule has 3 aliphatic rings. The summed E-state index contributed by atoms with van der Waals surface area (Å²) in [7, 11) is 1.59. The van der Waals surface area contributed by atoms with Gasteiger partial charge in [-0.2, -0.15) is 0 Å². The van der Waals surface area contributed by atoms with Gasteiger partial charge >= 0.3 is 0 Å². The summed E-state index contributed by atoms with van der Waals surface area (Å²) in [5.74, 6) is 0.551. The lowest BCUT2D eigenvalue weighted by molar-refractivity contribution is -0.117. The van der Waals surface area contributed by atoms with Gasteiger partial charge in [0.2, 0.25) is 5.91 Å². The molecular formula is C30H39N5O4. The summed E-state index contributed by atoms with van der Waals surface area (Å²) >= 11 is 0. The maximum Gasteiger partial charge on any atom is 0.254 e. The SMILES string of the molecule is COc1cccc(C(=O)N2CCCN(c3ccc(C(=O)NC4CCC(N)CC4)cc3NC(=O)C3CC3)CC2)c1. The van der Waals surface area contributed by atoms with Crippen LogP contribution in [0.3, 0.4) is 0 Å². The van der Waals surface area contributed by atoms with Crippen molar-refractivity contribution in [1.82, 2.24) is 10.2 Å². The molecule has 3 fully saturated rings. The van der Waals surface area contributed by atoms with E-state index in [4.69, 9.17) is 10.5 Å². The zero-order valence-corrected chi connectivity index (χ0v) is 22.7. The molecule has 1 heterocycles. The largest absolute Gasteiger partial charge is 0.497 e. The van der Waals surface area contributed by atoms with Crippen molar-refractivity contribution in [3.63, 3.8) is 0 Å². The van der Waals surface area contributed by atoms with Crippen LogP contribution in [0.1, 0.15) is 65.7 Å². The van der Waals surface area contributed by atoms with Gasteiger partial charge in [-0.3, -0.25) is 14.4 Å². The quantitative estimate of drug-likeness (QED) is 0.502. The van der Waals surface area contributed by atoms with Crippen LogP contribution in [0, 0.1) is 5.92 Å². The summed E-state index contributed by atoms with van der Waals surface area (Å²) in [5.41, 5.74) is 8.68. The number of amides is 3. The Morgan fingerprint density at radius 3 is 2.44 bits per heavy atom. The summed E-state index contributed by atoms with van der Waals surface area (Å²) in [6.45, 7) is 2.55. The van der Waals surface area contributed by atoms with Crippen molar-refractivity contribution >= 4 is 29.1 Å². The Morgan fingerprint density at radius 1 is 0.897 bits per heavy atom. The van der Waals surface area contributed by atoms with E-state index in [2.05, 4.69) is 15.5 Å². The van der Waals surface area contributed by atoms with Crippen LogP contribution < -0.4 is 26.0 Å². The fraction of sp³-hybridized carbons (Fsp3) is 0.500. The van der Waals surface area contributed by atoms with Gasteiger partial charge in [0.15, 0.2) is 0 Å². The van der Waals surface area contributed by atoms with E-state index in [9.17, 15) is 14.4 Å². The average molecular weight is 534 g/mol. The van der Waals surface area contributed by atoms with Crippen LogP contribution in [0.4, 0.5) is 11.4 Å².